The molecule has 3 aliphatic rings. The number of rotatable bonds is 7. The normalized spacial score (nSPS) is 20.6. The van der Waals surface area contributed by atoms with E-state index in [1.807, 2.05) is 34.1 Å². The largest absolute Gasteiger partial charge is 0.497 e. The van der Waals surface area contributed by atoms with E-state index >= 15 is 0 Å². The van der Waals surface area contributed by atoms with Gasteiger partial charge in [0, 0.05) is 49.4 Å². The molecule has 5 rings (SSSR count). The summed E-state index contributed by atoms with van der Waals surface area (Å²) in [6.07, 6.45) is 8.12. The molecule has 2 fully saturated rings. The molecule has 2 aliphatic heterocycles. The van der Waals surface area contributed by atoms with Crippen LogP contribution in [-0.4, -0.2) is 67.0 Å². The maximum absolute atomic E-state index is 13.2. The highest BCUT2D eigenvalue weighted by atomic mass is 16.5. The first-order valence-corrected chi connectivity index (χ1v) is 13.7. The number of amides is 2. The summed E-state index contributed by atoms with van der Waals surface area (Å²) in [7, 11) is 1.74. The summed E-state index contributed by atoms with van der Waals surface area (Å²) in [4.78, 5) is 31.8. The maximum atomic E-state index is 13.2. The van der Waals surface area contributed by atoms with Crippen LogP contribution in [0, 0.1) is 0 Å². The molecule has 1 aliphatic carbocycles. The molecular formula is C30H39N3O3. The Morgan fingerprint density at radius 3 is 2.42 bits per heavy atom. The third-order valence-electron chi connectivity index (χ3n) is 8.29. The molecule has 1 atom stereocenters. The second-order valence-corrected chi connectivity index (χ2v) is 10.5. The van der Waals surface area contributed by atoms with Crippen LogP contribution in [0.15, 0.2) is 42.5 Å². The molecule has 0 saturated carbocycles. The smallest absolute Gasteiger partial charge is 0.253 e. The standard InChI is InChI=1S/C30H39N3O3/c1-3-16-32(27-12-6-22-9-13-28(36-2)21-24(22)20-27)26-14-18-31(19-15-26)30(35)23-7-10-25(11-8-23)33-17-4-5-29(33)34/h7-11,13,21,26-27H,3-6,12,14-20H2,1-2H3. The lowest BCUT2D eigenvalue weighted by Gasteiger charge is -2.44. The van der Waals surface area contributed by atoms with E-state index in [4.69, 9.17) is 4.74 Å². The molecule has 2 aromatic rings. The van der Waals surface area contributed by atoms with E-state index in [2.05, 4.69) is 30.0 Å². The van der Waals surface area contributed by atoms with Gasteiger partial charge in [-0.2, -0.15) is 0 Å². The molecule has 2 heterocycles. The van der Waals surface area contributed by atoms with Gasteiger partial charge < -0.3 is 14.5 Å². The summed E-state index contributed by atoms with van der Waals surface area (Å²) >= 11 is 0. The van der Waals surface area contributed by atoms with Gasteiger partial charge in [-0.15, -0.1) is 0 Å². The number of benzene rings is 2. The fourth-order valence-electron chi connectivity index (χ4n) is 6.33. The second kappa shape index (κ2) is 11.0. The van der Waals surface area contributed by atoms with E-state index in [9.17, 15) is 9.59 Å². The van der Waals surface area contributed by atoms with Crippen LogP contribution in [0.4, 0.5) is 5.69 Å². The zero-order valence-corrected chi connectivity index (χ0v) is 21.7. The lowest BCUT2D eigenvalue weighted by molar-refractivity contribution is -0.117. The molecule has 0 N–H and O–H groups in total. The molecule has 2 amide bonds. The maximum Gasteiger partial charge on any atom is 0.253 e. The van der Waals surface area contributed by atoms with E-state index in [0.29, 0.717) is 24.1 Å². The fraction of sp³-hybridized carbons (Fsp3) is 0.533. The molecule has 36 heavy (non-hydrogen) atoms. The van der Waals surface area contributed by atoms with Gasteiger partial charge in [0.05, 0.1) is 7.11 Å². The van der Waals surface area contributed by atoms with Crippen molar-refractivity contribution < 1.29 is 14.3 Å². The summed E-state index contributed by atoms with van der Waals surface area (Å²) in [5, 5.41) is 0. The van der Waals surface area contributed by atoms with Gasteiger partial charge in [0.1, 0.15) is 5.75 Å². The van der Waals surface area contributed by atoms with E-state index < -0.39 is 0 Å². The van der Waals surface area contributed by atoms with Gasteiger partial charge in [-0.05, 0) is 99.0 Å². The monoisotopic (exact) mass is 489 g/mol. The predicted octanol–water partition coefficient (Wildman–Crippen LogP) is 4.70. The third-order valence-corrected chi connectivity index (χ3v) is 8.29. The average molecular weight is 490 g/mol. The summed E-state index contributed by atoms with van der Waals surface area (Å²) in [6.45, 7) is 5.75. The SMILES string of the molecule is CCCN(C1CCN(C(=O)c2ccc(N3CCCC3=O)cc2)CC1)C1CCc2ccc(OC)cc2C1. The predicted molar refractivity (Wildman–Crippen MR) is 143 cm³/mol. The minimum atomic E-state index is 0.105. The van der Waals surface area contributed by atoms with Gasteiger partial charge in [-0.25, -0.2) is 0 Å². The Morgan fingerprint density at radius 2 is 1.75 bits per heavy atom. The van der Waals surface area contributed by atoms with Crippen molar-refractivity contribution in [1.82, 2.24) is 9.80 Å². The highest BCUT2D eigenvalue weighted by molar-refractivity contribution is 5.97. The van der Waals surface area contributed by atoms with Crippen molar-refractivity contribution in [3.05, 3.63) is 59.2 Å². The van der Waals surface area contributed by atoms with Crippen LogP contribution in [0.2, 0.25) is 0 Å². The molecule has 0 bridgehead atoms. The van der Waals surface area contributed by atoms with Crippen LogP contribution in [0.25, 0.3) is 0 Å². The fourth-order valence-corrected chi connectivity index (χ4v) is 6.33. The number of carbonyl (C=O) groups is 2. The highest BCUT2D eigenvalue weighted by Gasteiger charge is 2.33. The number of piperidine rings is 1. The van der Waals surface area contributed by atoms with Crippen LogP contribution in [-0.2, 0) is 17.6 Å². The number of hydrogen-bond acceptors (Lipinski definition) is 4. The van der Waals surface area contributed by atoms with Gasteiger partial charge in [0.2, 0.25) is 5.91 Å². The minimum absolute atomic E-state index is 0.105. The second-order valence-electron chi connectivity index (χ2n) is 10.5. The first-order chi connectivity index (χ1) is 17.6. The molecule has 6 heteroatoms. The molecule has 2 aromatic carbocycles. The van der Waals surface area contributed by atoms with E-state index in [0.717, 1.165) is 76.1 Å². The Morgan fingerprint density at radius 1 is 0.972 bits per heavy atom. The Balaban J connectivity index is 1.20. The molecular weight excluding hydrogens is 450 g/mol. The van der Waals surface area contributed by atoms with Crippen LogP contribution < -0.4 is 9.64 Å². The van der Waals surface area contributed by atoms with Crippen molar-refractivity contribution >= 4 is 17.5 Å². The van der Waals surface area contributed by atoms with Crippen LogP contribution in [0.3, 0.4) is 0 Å². The molecule has 1 unspecified atom stereocenters. The zero-order chi connectivity index (χ0) is 25.1. The van der Waals surface area contributed by atoms with Crippen molar-refractivity contribution in [2.45, 2.75) is 70.4 Å². The number of likely N-dealkylation sites (tertiary alicyclic amines) is 1. The van der Waals surface area contributed by atoms with Gasteiger partial charge in [-0.1, -0.05) is 13.0 Å². The summed E-state index contributed by atoms with van der Waals surface area (Å²) in [5.74, 6) is 1.23. The highest BCUT2D eigenvalue weighted by Crippen LogP contribution is 2.31. The number of anilines is 1. The number of nitrogens with zero attached hydrogens (tertiary/aromatic N) is 3. The molecule has 0 aromatic heterocycles. The number of fused-ring (bicyclic) bond motifs is 1. The summed E-state index contributed by atoms with van der Waals surface area (Å²) in [6, 6.07) is 15.2. The molecule has 6 nitrogen and oxygen atoms in total. The number of carbonyl (C=O) groups excluding carboxylic acids is 2. The zero-order valence-electron chi connectivity index (χ0n) is 21.7. The number of aryl methyl sites for hydroxylation is 1. The number of hydrogen-bond donors (Lipinski definition) is 0. The van der Waals surface area contributed by atoms with E-state index in [1.54, 1.807) is 7.11 Å². The van der Waals surface area contributed by atoms with E-state index in [1.165, 1.54) is 17.5 Å². The molecule has 0 spiro atoms. The van der Waals surface area contributed by atoms with Crippen LogP contribution >= 0.6 is 0 Å². The molecule has 2 saturated heterocycles. The first-order valence-electron chi connectivity index (χ1n) is 13.7. The molecule has 0 radical (unpaired) electrons. The van der Waals surface area contributed by atoms with Crippen LogP contribution in [0.1, 0.15) is 66.9 Å². The molecule has 192 valence electrons. The Hall–Kier alpha value is -2.86. The van der Waals surface area contributed by atoms with Crippen molar-refractivity contribution in [3.8, 4) is 5.75 Å². The summed E-state index contributed by atoms with van der Waals surface area (Å²) < 4.78 is 5.48. The average Bonchev–Trinajstić information content (AvgIpc) is 3.36. The van der Waals surface area contributed by atoms with Crippen LogP contribution in [0.5, 0.6) is 5.75 Å². The van der Waals surface area contributed by atoms with Gasteiger partial charge in [0.25, 0.3) is 5.91 Å². The van der Waals surface area contributed by atoms with Crippen molar-refractivity contribution in [1.29, 1.82) is 0 Å². The lowest BCUT2D eigenvalue weighted by atomic mass is 9.85. The number of methoxy groups -OCH3 is 1. The quantitative estimate of drug-likeness (QED) is 0.566. The van der Waals surface area contributed by atoms with Crippen molar-refractivity contribution in [2.24, 2.45) is 0 Å². The Kier molecular flexibility index (Phi) is 7.61. The lowest BCUT2D eigenvalue weighted by Crippen LogP contribution is -2.51. The summed E-state index contributed by atoms with van der Waals surface area (Å²) in [5.41, 5.74) is 4.50. The van der Waals surface area contributed by atoms with Gasteiger partial charge in [-0.3, -0.25) is 14.5 Å². The first kappa shape index (κ1) is 24.8. The van der Waals surface area contributed by atoms with Crippen molar-refractivity contribution in [3.63, 3.8) is 0 Å². The van der Waals surface area contributed by atoms with Gasteiger partial charge in [0.15, 0.2) is 0 Å². The van der Waals surface area contributed by atoms with Gasteiger partial charge >= 0.3 is 0 Å². The topological polar surface area (TPSA) is 53.1 Å². The third kappa shape index (κ3) is 5.15. The Labute approximate surface area is 215 Å². The van der Waals surface area contributed by atoms with E-state index in [-0.39, 0.29) is 11.8 Å². The number of ether oxygens (including phenoxy) is 1. The Bertz CT molecular complexity index is 1080. The minimum Gasteiger partial charge on any atom is -0.497 e. The van der Waals surface area contributed by atoms with Crippen molar-refractivity contribution in [2.75, 3.05) is 38.2 Å².